The van der Waals surface area contributed by atoms with Crippen LogP contribution in [0.5, 0.6) is 0 Å². The lowest BCUT2D eigenvalue weighted by atomic mass is 10.3. The van der Waals surface area contributed by atoms with Crippen LogP contribution >= 0.6 is 0 Å². The lowest BCUT2D eigenvalue weighted by Gasteiger charge is -2.23. The molecule has 0 heterocycles. The molecule has 0 aromatic heterocycles. The summed E-state index contributed by atoms with van der Waals surface area (Å²) in [5.74, 6) is 0. The Kier molecular flexibility index (Phi) is 4.55. The molecule has 0 aliphatic carbocycles. The van der Waals surface area contributed by atoms with Crippen molar-refractivity contribution in [2.75, 3.05) is 19.6 Å². The van der Waals surface area contributed by atoms with Crippen molar-refractivity contribution >= 4 is 0 Å². The average molecular weight is 184 g/mol. The van der Waals surface area contributed by atoms with Gasteiger partial charge in [0.05, 0.1) is 6.54 Å². The standard InChI is InChI=1S/C7H15F3N2/c1-3-12(4-6(2)11)5-7(8,9)10/h6H,3-5,11H2,1-2H3/t6-/m1/s1. The molecule has 0 rings (SSSR count). The maximum Gasteiger partial charge on any atom is 0.401 e. The second-order valence-electron chi connectivity index (χ2n) is 2.92. The summed E-state index contributed by atoms with van der Waals surface area (Å²) in [6.07, 6.45) is -4.12. The average Bonchev–Trinajstić information content (AvgIpc) is 1.82. The summed E-state index contributed by atoms with van der Waals surface area (Å²) < 4.78 is 35.6. The minimum Gasteiger partial charge on any atom is -0.327 e. The Morgan fingerprint density at radius 3 is 2.17 bits per heavy atom. The molecular weight excluding hydrogens is 169 g/mol. The van der Waals surface area contributed by atoms with E-state index in [2.05, 4.69) is 0 Å². The number of likely N-dealkylation sites (N-methyl/N-ethyl adjacent to an activating group) is 1. The monoisotopic (exact) mass is 184 g/mol. The van der Waals surface area contributed by atoms with Crippen LogP contribution in [0.15, 0.2) is 0 Å². The molecule has 0 saturated heterocycles. The number of alkyl halides is 3. The van der Waals surface area contributed by atoms with Crippen molar-refractivity contribution in [3.05, 3.63) is 0 Å². The third-order valence-electron chi connectivity index (χ3n) is 1.40. The van der Waals surface area contributed by atoms with Crippen LogP contribution in [0.2, 0.25) is 0 Å². The van der Waals surface area contributed by atoms with E-state index in [-0.39, 0.29) is 12.6 Å². The van der Waals surface area contributed by atoms with Crippen LogP contribution in [0.3, 0.4) is 0 Å². The second kappa shape index (κ2) is 4.67. The normalized spacial score (nSPS) is 15.2. The molecule has 0 aromatic rings. The molecule has 0 fully saturated rings. The summed E-state index contributed by atoms with van der Waals surface area (Å²) in [6, 6.07) is -0.215. The first-order valence-electron chi connectivity index (χ1n) is 3.90. The van der Waals surface area contributed by atoms with E-state index in [0.29, 0.717) is 6.54 Å². The topological polar surface area (TPSA) is 29.3 Å². The third kappa shape index (κ3) is 6.42. The van der Waals surface area contributed by atoms with Gasteiger partial charge in [-0.05, 0) is 13.5 Å². The van der Waals surface area contributed by atoms with Crippen LogP contribution in [-0.4, -0.2) is 36.8 Å². The predicted octanol–water partition coefficient (Wildman–Crippen LogP) is 1.22. The van der Waals surface area contributed by atoms with Crippen LogP contribution < -0.4 is 5.73 Å². The summed E-state index contributed by atoms with van der Waals surface area (Å²) in [5, 5.41) is 0. The van der Waals surface area contributed by atoms with E-state index in [1.54, 1.807) is 13.8 Å². The van der Waals surface area contributed by atoms with Crippen LogP contribution in [0.25, 0.3) is 0 Å². The Morgan fingerprint density at radius 2 is 1.92 bits per heavy atom. The van der Waals surface area contributed by atoms with Crippen LogP contribution in [-0.2, 0) is 0 Å². The Hall–Kier alpha value is -0.290. The molecule has 0 saturated carbocycles. The fourth-order valence-electron chi connectivity index (χ4n) is 0.966. The molecular formula is C7H15F3N2. The van der Waals surface area contributed by atoms with Gasteiger partial charge < -0.3 is 5.73 Å². The van der Waals surface area contributed by atoms with Crippen LogP contribution in [0, 0.1) is 0 Å². The Bertz CT molecular complexity index is 122. The molecule has 0 unspecified atom stereocenters. The van der Waals surface area contributed by atoms with Gasteiger partial charge in [-0.15, -0.1) is 0 Å². The molecule has 0 amide bonds. The zero-order chi connectivity index (χ0) is 9.78. The fraction of sp³-hybridized carbons (Fsp3) is 1.00. The highest BCUT2D eigenvalue weighted by Crippen LogP contribution is 2.16. The van der Waals surface area contributed by atoms with Gasteiger partial charge in [0.15, 0.2) is 0 Å². The number of hydrogen-bond acceptors (Lipinski definition) is 2. The van der Waals surface area contributed by atoms with Crippen LogP contribution in [0.4, 0.5) is 13.2 Å². The molecule has 12 heavy (non-hydrogen) atoms. The quantitative estimate of drug-likeness (QED) is 0.711. The lowest BCUT2D eigenvalue weighted by molar-refractivity contribution is -0.145. The van der Waals surface area contributed by atoms with Gasteiger partial charge in [0.1, 0.15) is 0 Å². The number of nitrogens with zero attached hydrogens (tertiary/aromatic N) is 1. The molecule has 2 nitrogen and oxygen atoms in total. The van der Waals surface area contributed by atoms with E-state index >= 15 is 0 Å². The highest BCUT2D eigenvalue weighted by molar-refractivity contribution is 4.66. The predicted molar refractivity (Wildman–Crippen MR) is 41.8 cm³/mol. The zero-order valence-corrected chi connectivity index (χ0v) is 7.36. The van der Waals surface area contributed by atoms with Gasteiger partial charge in [0.25, 0.3) is 0 Å². The van der Waals surface area contributed by atoms with Gasteiger partial charge >= 0.3 is 6.18 Å². The molecule has 0 aromatic carbocycles. The third-order valence-corrected chi connectivity index (χ3v) is 1.40. The van der Waals surface area contributed by atoms with E-state index in [4.69, 9.17) is 5.73 Å². The van der Waals surface area contributed by atoms with Crippen molar-refractivity contribution in [3.63, 3.8) is 0 Å². The summed E-state index contributed by atoms with van der Waals surface area (Å²) in [7, 11) is 0. The number of halogens is 3. The molecule has 74 valence electrons. The first-order chi connectivity index (χ1) is 5.35. The SMILES string of the molecule is CCN(C[C@@H](C)N)CC(F)(F)F. The summed E-state index contributed by atoms with van der Waals surface area (Å²) in [6.45, 7) is 3.18. The van der Waals surface area contributed by atoms with Crippen molar-refractivity contribution < 1.29 is 13.2 Å². The smallest absolute Gasteiger partial charge is 0.327 e. The molecule has 0 aliphatic rings. The van der Waals surface area contributed by atoms with Crippen LogP contribution in [0.1, 0.15) is 13.8 Å². The summed E-state index contributed by atoms with van der Waals surface area (Å²) >= 11 is 0. The van der Waals surface area contributed by atoms with E-state index in [9.17, 15) is 13.2 Å². The Balaban J connectivity index is 3.83. The molecule has 0 bridgehead atoms. The molecule has 0 radical (unpaired) electrons. The van der Waals surface area contributed by atoms with E-state index in [1.165, 1.54) is 4.90 Å². The number of nitrogens with two attached hydrogens (primary N) is 1. The molecule has 0 aliphatic heterocycles. The van der Waals surface area contributed by atoms with Crippen molar-refractivity contribution in [2.45, 2.75) is 26.1 Å². The largest absolute Gasteiger partial charge is 0.401 e. The minimum absolute atomic E-state index is 0.215. The summed E-state index contributed by atoms with van der Waals surface area (Å²) in [5.41, 5.74) is 5.38. The van der Waals surface area contributed by atoms with Crippen molar-refractivity contribution in [1.29, 1.82) is 0 Å². The van der Waals surface area contributed by atoms with Gasteiger partial charge in [0.2, 0.25) is 0 Å². The first-order valence-corrected chi connectivity index (χ1v) is 3.90. The maximum atomic E-state index is 11.9. The molecule has 0 spiro atoms. The van der Waals surface area contributed by atoms with Gasteiger partial charge in [0, 0.05) is 12.6 Å². The number of hydrogen-bond donors (Lipinski definition) is 1. The Labute approximate surface area is 70.5 Å². The zero-order valence-electron chi connectivity index (χ0n) is 7.36. The maximum absolute atomic E-state index is 11.9. The van der Waals surface area contributed by atoms with E-state index in [0.717, 1.165) is 0 Å². The summed E-state index contributed by atoms with van der Waals surface area (Å²) in [4.78, 5) is 1.28. The minimum atomic E-state index is -4.12. The van der Waals surface area contributed by atoms with Gasteiger partial charge in [-0.3, -0.25) is 4.90 Å². The van der Waals surface area contributed by atoms with Crippen molar-refractivity contribution in [3.8, 4) is 0 Å². The van der Waals surface area contributed by atoms with Crippen molar-refractivity contribution in [2.24, 2.45) is 5.73 Å². The molecule has 1 atom stereocenters. The van der Waals surface area contributed by atoms with Gasteiger partial charge in [-0.1, -0.05) is 6.92 Å². The van der Waals surface area contributed by atoms with Crippen molar-refractivity contribution in [1.82, 2.24) is 4.90 Å². The molecule has 2 N–H and O–H groups in total. The highest BCUT2D eigenvalue weighted by Gasteiger charge is 2.30. The van der Waals surface area contributed by atoms with E-state index < -0.39 is 12.7 Å². The lowest BCUT2D eigenvalue weighted by Crippen LogP contribution is -2.40. The molecule has 5 heteroatoms. The van der Waals surface area contributed by atoms with Gasteiger partial charge in [-0.25, -0.2) is 0 Å². The first kappa shape index (κ1) is 11.7. The van der Waals surface area contributed by atoms with E-state index in [1.807, 2.05) is 0 Å². The van der Waals surface area contributed by atoms with Gasteiger partial charge in [-0.2, -0.15) is 13.2 Å². The second-order valence-corrected chi connectivity index (χ2v) is 2.92. The fourth-order valence-corrected chi connectivity index (χ4v) is 0.966. The number of rotatable bonds is 4. The Morgan fingerprint density at radius 1 is 1.42 bits per heavy atom. The highest BCUT2D eigenvalue weighted by atomic mass is 19.4.